The molecular weight excluding hydrogens is 464 g/mol. The molecule has 0 bridgehead atoms. The van der Waals surface area contributed by atoms with Gasteiger partial charge < -0.3 is 19.7 Å². The lowest BCUT2D eigenvalue weighted by molar-refractivity contribution is -0.141. The number of nitrogens with one attached hydrogen (secondary N) is 1. The van der Waals surface area contributed by atoms with Crippen molar-refractivity contribution in [2.24, 2.45) is 0 Å². The zero-order valence-electron chi connectivity index (χ0n) is 21.5. The minimum absolute atomic E-state index is 0.0325. The number of amides is 2. The molecule has 3 aromatic carbocycles. The van der Waals surface area contributed by atoms with E-state index in [9.17, 15) is 9.59 Å². The molecule has 1 heterocycles. The Morgan fingerprint density at radius 1 is 0.946 bits per heavy atom. The van der Waals surface area contributed by atoms with Gasteiger partial charge in [-0.3, -0.25) is 9.59 Å². The molecule has 1 fully saturated rings. The van der Waals surface area contributed by atoms with Crippen LogP contribution in [-0.4, -0.2) is 49.1 Å². The van der Waals surface area contributed by atoms with E-state index in [1.165, 1.54) is 0 Å². The zero-order chi connectivity index (χ0) is 25.9. The Balaban J connectivity index is 1.58. The van der Waals surface area contributed by atoms with Gasteiger partial charge in [0.05, 0.1) is 13.2 Å². The quantitative estimate of drug-likeness (QED) is 0.396. The number of methoxy groups -OCH3 is 1. The molecule has 1 N–H and O–H groups in total. The van der Waals surface area contributed by atoms with Crippen molar-refractivity contribution in [2.75, 3.05) is 20.3 Å². The van der Waals surface area contributed by atoms with E-state index in [0.29, 0.717) is 32.4 Å². The first-order valence-corrected chi connectivity index (χ1v) is 13.0. The predicted octanol–water partition coefficient (Wildman–Crippen LogP) is 4.56. The number of benzene rings is 3. The lowest BCUT2D eigenvalue weighted by Gasteiger charge is -2.32. The normalized spacial score (nSPS) is 15.6. The van der Waals surface area contributed by atoms with Crippen molar-refractivity contribution >= 4 is 11.8 Å². The average Bonchev–Trinajstić information content (AvgIpc) is 3.47. The number of hydrogen-bond acceptors (Lipinski definition) is 4. The van der Waals surface area contributed by atoms with Crippen LogP contribution >= 0.6 is 0 Å². The second-order valence-corrected chi connectivity index (χ2v) is 9.44. The van der Waals surface area contributed by atoms with Gasteiger partial charge in [-0.2, -0.15) is 0 Å². The maximum atomic E-state index is 13.7. The summed E-state index contributed by atoms with van der Waals surface area (Å²) in [6.07, 6.45) is 3.36. The summed E-state index contributed by atoms with van der Waals surface area (Å²) in [6.45, 7) is 1.52. The van der Waals surface area contributed by atoms with Gasteiger partial charge >= 0.3 is 0 Å². The highest BCUT2D eigenvalue weighted by atomic mass is 16.5. The maximum absolute atomic E-state index is 13.7. The molecule has 6 nitrogen and oxygen atoms in total. The fourth-order valence-corrected chi connectivity index (χ4v) is 4.66. The van der Waals surface area contributed by atoms with Crippen molar-refractivity contribution in [2.45, 2.75) is 50.8 Å². The molecule has 37 heavy (non-hydrogen) atoms. The highest BCUT2D eigenvalue weighted by molar-refractivity contribution is 5.88. The Hall–Kier alpha value is -3.64. The minimum atomic E-state index is -0.644. The van der Waals surface area contributed by atoms with Gasteiger partial charge in [-0.1, -0.05) is 72.8 Å². The molecule has 194 valence electrons. The molecule has 0 unspecified atom stereocenters. The van der Waals surface area contributed by atoms with E-state index in [1.54, 1.807) is 12.0 Å². The lowest BCUT2D eigenvalue weighted by atomic mass is 10.0. The van der Waals surface area contributed by atoms with E-state index in [-0.39, 0.29) is 17.9 Å². The fourth-order valence-electron chi connectivity index (χ4n) is 4.66. The van der Waals surface area contributed by atoms with Crippen molar-refractivity contribution in [3.8, 4) is 5.75 Å². The van der Waals surface area contributed by atoms with Crippen LogP contribution in [0.4, 0.5) is 0 Å². The summed E-state index contributed by atoms with van der Waals surface area (Å²) < 4.78 is 11.0. The second-order valence-electron chi connectivity index (χ2n) is 9.44. The molecule has 1 saturated heterocycles. The van der Waals surface area contributed by atoms with Crippen molar-refractivity contribution < 1.29 is 19.1 Å². The van der Waals surface area contributed by atoms with E-state index >= 15 is 0 Å². The van der Waals surface area contributed by atoms with Gasteiger partial charge in [-0.05, 0) is 48.1 Å². The number of carbonyl (C=O) groups is 2. The monoisotopic (exact) mass is 500 g/mol. The molecule has 2 amide bonds. The predicted molar refractivity (Wildman–Crippen MR) is 144 cm³/mol. The molecular formula is C31H36N2O4. The smallest absolute Gasteiger partial charge is 0.243 e. The van der Waals surface area contributed by atoms with Crippen molar-refractivity contribution in [3.63, 3.8) is 0 Å². The second kappa shape index (κ2) is 13.6. The largest absolute Gasteiger partial charge is 0.497 e. The van der Waals surface area contributed by atoms with E-state index in [0.717, 1.165) is 41.9 Å². The summed E-state index contributed by atoms with van der Waals surface area (Å²) in [4.78, 5) is 29.1. The van der Waals surface area contributed by atoms with Crippen LogP contribution < -0.4 is 10.1 Å². The number of hydrogen-bond donors (Lipinski definition) is 1. The molecule has 2 atom stereocenters. The van der Waals surface area contributed by atoms with Crippen LogP contribution in [0.2, 0.25) is 0 Å². The molecule has 0 saturated carbocycles. The third-order valence-electron chi connectivity index (χ3n) is 6.78. The van der Waals surface area contributed by atoms with Gasteiger partial charge in [0.2, 0.25) is 11.8 Å². The Labute approximate surface area is 219 Å². The lowest BCUT2D eigenvalue weighted by Crippen LogP contribution is -2.51. The number of aryl methyl sites for hydroxylation is 1. The number of rotatable bonds is 12. The van der Waals surface area contributed by atoms with Gasteiger partial charge in [0.15, 0.2) is 0 Å². The molecule has 6 heteroatoms. The van der Waals surface area contributed by atoms with Crippen LogP contribution in [0.25, 0.3) is 0 Å². The van der Waals surface area contributed by atoms with Crippen molar-refractivity contribution in [3.05, 3.63) is 102 Å². The van der Waals surface area contributed by atoms with E-state index in [4.69, 9.17) is 9.47 Å². The van der Waals surface area contributed by atoms with Gasteiger partial charge in [0, 0.05) is 32.5 Å². The standard InChI is InChI=1S/C31H36N2O4/c1-36-27-17-14-26(15-18-27)23-33(30(34)19-16-24-9-4-2-5-10-24)29(21-25-11-6-3-7-12-25)31(35)32-22-28-13-8-20-37-28/h2-7,9-12,14-15,17-18,28-29H,8,13,16,19-23H2,1H3,(H,32,35)/t28-,29+/m0/s1. The molecule has 0 aliphatic carbocycles. The molecule has 0 radical (unpaired) electrons. The first kappa shape index (κ1) is 26.4. The first-order chi connectivity index (χ1) is 18.1. The summed E-state index contributed by atoms with van der Waals surface area (Å²) in [6, 6.07) is 26.9. The van der Waals surface area contributed by atoms with Crippen LogP contribution in [0.1, 0.15) is 36.0 Å². The zero-order valence-corrected chi connectivity index (χ0v) is 21.5. The van der Waals surface area contributed by atoms with Crippen LogP contribution in [0, 0.1) is 0 Å². The van der Waals surface area contributed by atoms with Gasteiger partial charge in [0.1, 0.15) is 11.8 Å². The Kier molecular flexibility index (Phi) is 9.72. The third-order valence-corrected chi connectivity index (χ3v) is 6.78. The number of ether oxygens (including phenoxy) is 2. The Morgan fingerprint density at radius 3 is 2.24 bits per heavy atom. The van der Waals surface area contributed by atoms with Gasteiger partial charge in [0.25, 0.3) is 0 Å². The molecule has 1 aliphatic rings. The van der Waals surface area contributed by atoms with E-state index in [1.807, 2.05) is 84.9 Å². The van der Waals surface area contributed by atoms with Crippen LogP contribution in [-0.2, 0) is 33.7 Å². The highest BCUT2D eigenvalue weighted by Crippen LogP contribution is 2.19. The molecule has 0 spiro atoms. The Bertz CT molecular complexity index is 1110. The summed E-state index contributed by atoms with van der Waals surface area (Å²) in [7, 11) is 1.63. The highest BCUT2D eigenvalue weighted by Gasteiger charge is 2.31. The van der Waals surface area contributed by atoms with Crippen LogP contribution in [0.3, 0.4) is 0 Å². The average molecular weight is 501 g/mol. The maximum Gasteiger partial charge on any atom is 0.243 e. The van der Waals surface area contributed by atoms with Crippen molar-refractivity contribution in [1.29, 1.82) is 0 Å². The summed E-state index contributed by atoms with van der Waals surface area (Å²) in [5, 5.41) is 3.08. The van der Waals surface area contributed by atoms with Gasteiger partial charge in [-0.15, -0.1) is 0 Å². The van der Waals surface area contributed by atoms with E-state index < -0.39 is 6.04 Å². The Morgan fingerprint density at radius 2 is 1.62 bits per heavy atom. The van der Waals surface area contributed by atoms with Crippen LogP contribution in [0.5, 0.6) is 5.75 Å². The first-order valence-electron chi connectivity index (χ1n) is 13.0. The molecule has 4 rings (SSSR count). The molecule has 0 aromatic heterocycles. The van der Waals surface area contributed by atoms with E-state index in [2.05, 4.69) is 5.32 Å². The topological polar surface area (TPSA) is 67.9 Å². The number of carbonyl (C=O) groups excluding carboxylic acids is 2. The molecule has 3 aromatic rings. The number of nitrogens with zero attached hydrogens (tertiary/aromatic N) is 1. The van der Waals surface area contributed by atoms with Crippen molar-refractivity contribution in [1.82, 2.24) is 10.2 Å². The van der Waals surface area contributed by atoms with Gasteiger partial charge in [-0.25, -0.2) is 0 Å². The SMILES string of the molecule is COc1ccc(CN(C(=O)CCc2ccccc2)[C@H](Cc2ccccc2)C(=O)NC[C@@H]2CCCO2)cc1. The minimum Gasteiger partial charge on any atom is -0.497 e. The summed E-state index contributed by atoms with van der Waals surface area (Å²) in [5.74, 6) is 0.551. The van der Waals surface area contributed by atoms with Crippen LogP contribution in [0.15, 0.2) is 84.9 Å². The third kappa shape index (κ3) is 7.92. The molecule has 1 aliphatic heterocycles. The summed E-state index contributed by atoms with van der Waals surface area (Å²) in [5.41, 5.74) is 3.05. The fraction of sp³-hybridized carbons (Fsp3) is 0.355. The summed E-state index contributed by atoms with van der Waals surface area (Å²) >= 11 is 0.